The van der Waals surface area contributed by atoms with Gasteiger partial charge in [0.25, 0.3) is 0 Å². The maximum absolute atomic E-state index is 13.0. The third kappa shape index (κ3) is 3.18. The van der Waals surface area contributed by atoms with Gasteiger partial charge in [0.2, 0.25) is 5.75 Å². The van der Waals surface area contributed by atoms with Gasteiger partial charge in [0.15, 0.2) is 17.3 Å². The lowest BCUT2D eigenvalue weighted by Gasteiger charge is -2.38. The van der Waals surface area contributed by atoms with E-state index in [1.807, 2.05) is 6.92 Å². The molecule has 1 aliphatic carbocycles. The fourth-order valence-electron chi connectivity index (χ4n) is 4.07. The summed E-state index contributed by atoms with van der Waals surface area (Å²) in [5, 5.41) is 20.0. The average molecular weight is 368 g/mol. The van der Waals surface area contributed by atoms with Gasteiger partial charge < -0.3 is 14.6 Å². The van der Waals surface area contributed by atoms with E-state index in [1.54, 1.807) is 12.1 Å². The van der Waals surface area contributed by atoms with Crippen LogP contribution in [-0.2, 0) is 4.79 Å². The van der Waals surface area contributed by atoms with E-state index < -0.39 is 11.8 Å². The van der Waals surface area contributed by atoms with Gasteiger partial charge in [-0.15, -0.1) is 0 Å². The Morgan fingerprint density at radius 3 is 2.33 bits per heavy atom. The first kappa shape index (κ1) is 19.0. The minimum absolute atomic E-state index is 0.0220. The van der Waals surface area contributed by atoms with E-state index in [0.29, 0.717) is 29.7 Å². The molecular formula is C21H24N2O4. The first-order valence-electron chi connectivity index (χ1n) is 8.88. The monoisotopic (exact) mass is 368 g/mol. The number of hydrogen-bond donors (Lipinski definition) is 1. The molecule has 6 heteroatoms. The Hall–Kier alpha value is -2.81. The van der Waals surface area contributed by atoms with Crippen LogP contribution in [0, 0.1) is 22.7 Å². The summed E-state index contributed by atoms with van der Waals surface area (Å²) in [5.41, 5.74) is 2.59. The molecule has 1 aromatic carbocycles. The summed E-state index contributed by atoms with van der Waals surface area (Å²) in [5.74, 6) is -0.626. The van der Waals surface area contributed by atoms with Crippen LogP contribution in [0.1, 0.15) is 45.1 Å². The summed E-state index contributed by atoms with van der Waals surface area (Å²) in [6, 6.07) is 5.64. The summed E-state index contributed by atoms with van der Waals surface area (Å²) in [6.45, 7) is 5.93. The van der Waals surface area contributed by atoms with E-state index in [9.17, 15) is 15.2 Å². The van der Waals surface area contributed by atoms with Gasteiger partial charge in [-0.3, -0.25) is 9.79 Å². The van der Waals surface area contributed by atoms with E-state index in [1.165, 1.54) is 14.2 Å². The molecule has 0 amide bonds. The minimum Gasteiger partial charge on any atom is -0.502 e. The molecular weight excluding hydrogens is 344 g/mol. The van der Waals surface area contributed by atoms with Crippen LogP contribution < -0.4 is 9.47 Å². The molecule has 2 aliphatic rings. The molecule has 0 aromatic heterocycles. The Balaban J connectivity index is 2.24. The second kappa shape index (κ2) is 6.73. The van der Waals surface area contributed by atoms with Gasteiger partial charge >= 0.3 is 0 Å². The highest BCUT2D eigenvalue weighted by Crippen LogP contribution is 2.49. The number of aliphatic imine (C=N–C) groups is 1. The summed E-state index contributed by atoms with van der Waals surface area (Å²) < 4.78 is 10.5. The second-order valence-corrected chi connectivity index (χ2v) is 7.91. The molecule has 0 radical (unpaired) electrons. The van der Waals surface area contributed by atoms with Crippen LogP contribution in [0.3, 0.4) is 0 Å². The summed E-state index contributed by atoms with van der Waals surface area (Å²) >= 11 is 0. The van der Waals surface area contributed by atoms with Crippen LogP contribution in [0.2, 0.25) is 0 Å². The van der Waals surface area contributed by atoms with Crippen LogP contribution >= 0.6 is 0 Å². The molecule has 2 atom stereocenters. The Labute approximate surface area is 159 Å². The number of aromatic hydroxyl groups is 1. The summed E-state index contributed by atoms with van der Waals surface area (Å²) in [6.07, 6.45) is 1.10. The van der Waals surface area contributed by atoms with Gasteiger partial charge in [0.1, 0.15) is 0 Å². The average Bonchev–Trinajstić information content (AvgIpc) is 2.59. The number of phenolic OH excluding ortho intramolecular Hbond substituents is 1. The molecule has 3 rings (SSSR count). The first-order chi connectivity index (χ1) is 12.7. The Kier molecular flexibility index (Phi) is 4.73. The van der Waals surface area contributed by atoms with Crippen molar-refractivity contribution in [2.75, 3.05) is 14.2 Å². The van der Waals surface area contributed by atoms with Crippen molar-refractivity contribution in [3.05, 3.63) is 29.0 Å². The number of Topliss-reactive ketones (excluding diaryl/α,β-unsaturated/α-hetero) is 1. The number of allylic oxidation sites excluding steroid dienone is 2. The van der Waals surface area contributed by atoms with Crippen LogP contribution in [0.15, 0.2) is 28.4 Å². The summed E-state index contributed by atoms with van der Waals surface area (Å²) in [7, 11) is 2.90. The largest absolute Gasteiger partial charge is 0.502 e. The number of nitrogens with zero attached hydrogens (tertiary/aromatic N) is 2. The normalized spacial score (nSPS) is 24.0. The molecule has 1 aromatic rings. The lowest BCUT2D eigenvalue weighted by molar-refractivity contribution is -0.118. The molecule has 1 N–H and O–H groups in total. The molecule has 142 valence electrons. The lowest BCUT2D eigenvalue weighted by Crippen LogP contribution is -2.35. The second-order valence-electron chi connectivity index (χ2n) is 7.91. The molecule has 0 saturated carbocycles. The molecule has 0 saturated heterocycles. The molecule has 0 spiro atoms. The van der Waals surface area contributed by atoms with Gasteiger partial charge in [-0.2, -0.15) is 5.26 Å². The zero-order valence-corrected chi connectivity index (χ0v) is 16.3. The maximum atomic E-state index is 13.0. The number of carbonyl (C=O) groups is 1. The van der Waals surface area contributed by atoms with Gasteiger partial charge in [-0.25, -0.2) is 0 Å². The summed E-state index contributed by atoms with van der Waals surface area (Å²) in [4.78, 5) is 17.6. The van der Waals surface area contributed by atoms with Crippen LogP contribution in [0.4, 0.5) is 0 Å². The molecule has 0 bridgehead atoms. The number of carbonyl (C=O) groups excluding carboxylic acids is 1. The van der Waals surface area contributed by atoms with Crippen molar-refractivity contribution in [3.63, 3.8) is 0 Å². The van der Waals surface area contributed by atoms with E-state index >= 15 is 0 Å². The smallest absolute Gasteiger partial charge is 0.200 e. The molecule has 1 heterocycles. The molecule has 1 unspecified atom stereocenters. The number of phenols is 1. The van der Waals surface area contributed by atoms with E-state index in [4.69, 9.17) is 9.47 Å². The van der Waals surface area contributed by atoms with Crippen LogP contribution in [0.25, 0.3) is 0 Å². The molecule has 6 nitrogen and oxygen atoms in total. The highest BCUT2D eigenvalue weighted by molar-refractivity contribution is 6.03. The van der Waals surface area contributed by atoms with Crippen molar-refractivity contribution in [1.82, 2.24) is 0 Å². The van der Waals surface area contributed by atoms with Gasteiger partial charge in [0, 0.05) is 29.3 Å². The number of ether oxygens (including phenoxy) is 2. The quantitative estimate of drug-likeness (QED) is 0.877. The van der Waals surface area contributed by atoms with E-state index in [2.05, 4.69) is 24.9 Å². The van der Waals surface area contributed by atoms with Crippen molar-refractivity contribution >= 4 is 11.5 Å². The lowest BCUT2D eigenvalue weighted by atomic mass is 9.67. The number of nitriles is 1. The molecule has 0 fully saturated rings. The zero-order chi connectivity index (χ0) is 19.9. The fraction of sp³-hybridized carbons (Fsp3) is 0.476. The van der Waals surface area contributed by atoms with Crippen LogP contribution in [-0.4, -0.2) is 30.8 Å². The topological polar surface area (TPSA) is 91.9 Å². The van der Waals surface area contributed by atoms with E-state index in [-0.39, 0.29) is 28.4 Å². The zero-order valence-electron chi connectivity index (χ0n) is 16.3. The third-order valence-corrected chi connectivity index (χ3v) is 5.30. The van der Waals surface area contributed by atoms with Crippen molar-refractivity contribution in [1.29, 1.82) is 5.26 Å². The highest BCUT2D eigenvalue weighted by atomic mass is 16.5. The predicted molar refractivity (Wildman–Crippen MR) is 101 cm³/mol. The first-order valence-corrected chi connectivity index (χ1v) is 8.88. The van der Waals surface area contributed by atoms with E-state index in [0.717, 1.165) is 5.70 Å². The number of benzene rings is 1. The Morgan fingerprint density at radius 2 is 1.81 bits per heavy atom. The SMILES string of the molecule is COc1cc([C@@H]2C3=C(CC(C)(C)CC3=O)N=C(C)C2C#N)cc(OC)c1O. The molecule has 1 aliphatic heterocycles. The van der Waals surface area contributed by atoms with Gasteiger partial charge in [-0.1, -0.05) is 13.8 Å². The number of ketones is 1. The molecule has 27 heavy (non-hydrogen) atoms. The number of methoxy groups -OCH3 is 2. The maximum Gasteiger partial charge on any atom is 0.200 e. The van der Waals surface area contributed by atoms with Crippen molar-refractivity contribution in [2.45, 2.75) is 39.5 Å². The third-order valence-electron chi connectivity index (χ3n) is 5.30. The Morgan fingerprint density at radius 1 is 1.22 bits per heavy atom. The number of rotatable bonds is 3. The number of hydrogen-bond acceptors (Lipinski definition) is 6. The van der Waals surface area contributed by atoms with Crippen molar-refractivity contribution < 1.29 is 19.4 Å². The van der Waals surface area contributed by atoms with Gasteiger partial charge in [0.05, 0.1) is 26.2 Å². The van der Waals surface area contributed by atoms with Gasteiger partial charge in [-0.05, 0) is 36.5 Å². The van der Waals surface area contributed by atoms with Crippen molar-refractivity contribution in [3.8, 4) is 23.3 Å². The van der Waals surface area contributed by atoms with Crippen LogP contribution in [0.5, 0.6) is 17.2 Å². The fourth-order valence-corrected chi connectivity index (χ4v) is 4.07. The predicted octanol–water partition coefficient (Wildman–Crippen LogP) is 3.75. The standard InChI is InChI=1S/C21H24N2O4/c1-11-13(10-22)18(12-6-16(26-4)20(25)17(7-12)27-5)19-14(23-11)8-21(2,3)9-15(19)24/h6-7,13,18,25H,8-9H2,1-5H3/t13?,18-/m0/s1. The Bertz CT molecular complexity index is 880. The minimum atomic E-state index is -0.562. The van der Waals surface area contributed by atoms with Crippen molar-refractivity contribution in [2.24, 2.45) is 16.3 Å². The highest BCUT2D eigenvalue weighted by Gasteiger charge is 2.43.